The molecule has 2 N–H and O–H groups in total. The van der Waals surface area contributed by atoms with E-state index < -0.39 is 23.4 Å². The van der Waals surface area contributed by atoms with E-state index in [1.807, 2.05) is 23.1 Å². The van der Waals surface area contributed by atoms with Crippen LogP contribution in [0.5, 0.6) is 0 Å². The van der Waals surface area contributed by atoms with Crippen LogP contribution in [0.15, 0.2) is 36.5 Å². The van der Waals surface area contributed by atoms with E-state index in [9.17, 15) is 18.4 Å². The highest BCUT2D eigenvalue weighted by atomic mass is 35.5. The van der Waals surface area contributed by atoms with Gasteiger partial charge in [-0.25, -0.2) is 8.78 Å². The average molecular weight is 489 g/mol. The first-order valence-corrected chi connectivity index (χ1v) is 12.1. The monoisotopic (exact) mass is 488 g/mol. The van der Waals surface area contributed by atoms with Gasteiger partial charge in [-0.05, 0) is 62.3 Å². The van der Waals surface area contributed by atoms with Crippen molar-refractivity contribution >= 4 is 29.1 Å². The smallest absolute Gasteiger partial charge is 0.281 e. The SMILES string of the molecule is O=C(N[C@H]1CC[C@H](CN2C(=O)C3(CCNC3)c3ccccc32)CC1)c1cc(Cl)cnc1C(F)F. The summed E-state index contributed by atoms with van der Waals surface area (Å²) in [6.45, 7) is 2.18. The third-order valence-corrected chi connectivity index (χ3v) is 7.69. The lowest BCUT2D eigenvalue weighted by Gasteiger charge is -2.32. The van der Waals surface area contributed by atoms with Crippen LogP contribution >= 0.6 is 11.6 Å². The number of fused-ring (bicyclic) bond motifs is 2. The molecule has 1 saturated heterocycles. The Kier molecular flexibility index (Phi) is 6.29. The van der Waals surface area contributed by atoms with Crippen molar-refractivity contribution in [1.29, 1.82) is 0 Å². The zero-order chi connectivity index (χ0) is 23.9. The topological polar surface area (TPSA) is 74.3 Å². The van der Waals surface area contributed by atoms with Crippen LogP contribution in [0.2, 0.25) is 5.02 Å². The van der Waals surface area contributed by atoms with Gasteiger partial charge in [0.1, 0.15) is 5.69 Å². The number of para-hydroxylation sites is 1. The minimum atomic E-state index is -2.85. The number of amides is 2. The fourth-order valence-electron chi connectivity index (χ4n) is 5.70. The summed E-state index contributed by atoms with van der Waals surface area (Å²) in [4.78, 5) is 31.8. The molecule has 1 aliphatic carbocycles. The number of benzene rings is 1. The molecule has 1 aromatic heterocycles. The number of nitrogens with one attached hydrogen (secondary N) is 2. The van der Waals surface area contributed by atoms with Crippen molar-refractivity contribution < 1.29 is 18.4 Å². The van der Waals surface area contributed by atoms with Gasteiger partial charge in [0.25, 0.3) is 12.3 Å². The number of nitrogens with zero attached hydrogens (tertiary/aromatic N) is 2. The maximum absolute atomic E-state index is 13.5. The van der Waals surface area contributed by atoms with E-state index in [1.54, 1.807) is 0 Å². The van der Waals surface area contributed by atoms with Crippen LogP contribution in [-0.2, 0) is 10.2 Å². The van der Waals surface area contributed by atoms with Gasteiger partial charge in [0.15, 0.2) is 0 Å². The molecule has 6 nitrogen and oxygen atoms in total. The van der Waals surface area contributed by atoms with E-state index in [1.165, 1.54) is 6.07 Å². The first-order valence-electron chi connectivity index (χ1n) is 11.8. The molecule has 34 heavy (non-hydrogen) atoms. The second-order valence-corrected chi connectivity index (χ2v) is 9.96. The molecule has 2 aliphatic heterocycles. The second-order valence-electron chi connectivity index (χ2n) is 9.52. The number of halogens is 3. The Morgan fingerprint density at radius 1 is 1.26 bits per heavy atom. The summed E-state index contributed by atoms with van der Waals surface area (Å²) in [5.74, 6) is -0.0747. The molecule has 1 aromatic carbocycles. The van der Waals surface area contributed by atoms with Crippen LogP contribution in [-0.4, -0.2) is 42.5 Å². The third kappa shape index (κ3) is 4.07. The van der Waals surface area contributed by atoms with E-state index in [0.29, 0.717) is 19.0 Å². The van der Waals surface area contributed by atoms with Crippen LogP contribution in [0.25, 0.3) is 0 Å². The summed E-state index contributed by atoms with van der Waals surface area (Å²) >= 11 is 5.88. The highest BCUT2D eigenvalue weighted by Crippen LogP contribution is 2.46. The van der Waals surface area contributed by atoms with Gasteiger partial charge >= 0.3 is 0 Å². The Morgan fingerprint density at radius 2 is 2.03 bits per heavy atom. The van der Waals surface area contributed by atoms with E-state index in [4.69, 9.17) is 11.6 Å². The Hall–Kier alpha value is -2.58. The molecule has 0 radical (unpaired) electrons. The Balaban J connectivity index is 1.22. The van der Waals surface area contributed by atoms with Crippen molar-refractivity contribution in [1.82, 2.24) is 15.6 Å². The van der Waals surface area contributed by atoms with Gasteiger partial charge in [0.2, 0.25) is 5.91 Å². The molecule has 180 valence electrons. The average Bonchev–Trinajstić information content (AvgIpc) is 3.41. The summed E-state index contributed by atoms with van der Waals surface area (Å²) in [5, 5.41) is 6.37. The van der Waals surface area contributed by atoms with Crippen molar-refractivity contribution in [3.05, 3.63) is 58.4 Å². The zero-order valence-corrected chi connectivity index (χ0v) is 19.5. The minimum Gasteiger partial charge on any atom is -0.349 e. The fourth-order valence-corrected chi connectivity index (χ4v) is 5.86. The molecular weight excluding hydrogens is 462 g/mol. The highest BCUT2D eigenvalue weighted by Gasteiger charge is 2.52. The van der Waals surface area contributed by atoms with Gasteiger partial charge in [-0.15, -0.1) is 0 Å². The molecule has 1 atom stereocenters. The molecule has 3 aliphatic rings. The number of carbonyl (C=O) groups excluding carboxylic acids is 2. The number of hydrogen-bond acceptors (Lipinski definition) is 4. The van der Waals surface area contributed by atoms with E-state index >= 15 is 0 Å². The molecule has 1 saturated carbocycles. The van der Waals surface area contributed by atoms with Gasteiger partial charge in [0, 0.05) is 31.0 Å². The lowest BCUT2D eigenvalue weighted by Crippen LogP contribution is -2.45. The summed E-state index contributed by atoms with van der Waals surface area (Å²) in [5.41, 5.74) is 0.946. The molecule has 2 amide bonds. The number of alkyl halides is 2. The first kappa shape index (κ1) is 23.2. The van der Waals surface area contributed by atoms with Crippen LogP contribution < -0.4 is 15.5 Å². The predicted octanol–water partition coefficient (Wildman–Crippen LogP) is 4.24. The maximum atomic E-state index is 13.5. The molecule has 2 aromatic rings. The van der Waals surface area contributed by atoms with Crippen LogP contribution in [0.3, 0.4) is 0 Å². The fraction of sp³-hybridized carbons (Fsp3) is 0.480. The van der Waals surface area contributed by atoms with E-state index in [0.717, 1.165) is 56.1 Å². The molecular formula is C25H27ClF2N4O2. The quantitative estimate of drug-likeness (QED) is 0.660. The Labute approximate surface area is 202 Å². The lowest BCUT2D eigenvalue weighted by atomic mass is 9.81. The third-order valence-electron chi connectivity index (χ3n) is 7.48. The maximum Gasteiger partial charge on any atom is 0.281 e. The molecule has 5 rings (SSSR count). The molecule has 0 bridgehead atoms. The van der Waals surface area contributed by atoms with Gasteiger partial charge in [-0.3, -0.25) is 14.6 Å². The number of pyridine rings is 1. The van der Waals surface area contributed by atoms with Crippen molar-refractivity contribution in [2.24, 2.45) is 5.92 Å². The largest absolute Gasteiger partial charge is 0.349 e. The number of rotatable bonds is 5. The van der Waals surface area contributed by atoms with Crippen LogP contribution in [0, 0.1) is 5.92 Å². The Morgan fingerprint density at radius 3 is 2.74 bits per heavy atom. The minimum absolute atomic E-state index is 0.111. The second kappa shape index (κ2) is 9.23. The summed E-state index contributed by atoms with van der Waals surface area (Å²) in [7, 11) is 0. The standard InChI is InChI=1S/C25H27ClF2N4O2/c26-16-11-18(21(22(27)28)30-12-16)23(33)31-17-7-5-15(6-8-17)13-32-20-4-2-1-3-19(20)25(24(32)34)9-10-29-14-25/h1-4,11-12,15,17,22,29H,5-10,13-14H2,(H,31,33)/t15-,17-,25?. The lowest BCUT2D eigenvalue weighted by molar-refractivity contribution is -0.122. The molecule has 1 spiro atoms. The summed E-state index contributed by atoms with van der Waals surface area (Å²) in [6.07, 6.45) is 2.23. The first-order chi connectivity index (χ1) is 16.4. The van der Waals surface area contributed by atoms with E-state index in [2.05, 4.69) is 21.7 Å². The van der Waals surface area contributed by atoms with Gasteiger partial charge in [0.05, 0.1) is 16.0 Å². The summed E-state index contributed by atoms with van der Waals surface area (Å²) in [6, 6.07) is 9.21. The Bertz CT molecular complexity index is 1100. The van der Waals surface area contributed by atoms with Gasteiger partial charge in [-0.2, -0.15) is 0 Å². The van der Waals surface area contributed by atoms with E-state index in [-0.39, 0.29) is 22.5 Å². The number of carbonyl (C=O) groups is 2. The predicted molar refractivity (Wildman–Crippen MR) is 125 cm³/mol. The molecule has 3 heterocycles. The number of hydrogen-bond donors (Lipinski definition) is 2. The number of anilines is 1. The van der Waals surface area contributed by atoms with Crippen molar-refractivity contribution in [2.45, 2.75) is 50.0 Å². The van der Waals surface area contributed by atoms with Crippen LogP contribution in [0.4, 0.5) is 14.5 Å². The van der Waals surface area contributed by atoms with Crippen molar-refractivity contribution in [2.75, 3.05) is 24.5 Å². The van der Waals surface area contributed by atoms with Crippen molar-refractivity contribution in [3.8, 4) is 0 Å². The van der Waals surface area contributed by atoms with Gasteiger partial charge < -0.3 is 15.5 Å². The van der Waals surface area contributed by atoms with Crippen molar-refractivity contribution in [3.63, 3.8) is 0 Å². The zero-order valence-electron chi connectivity index (χ0n) is 18.7. The molecule has 1 unspecified atom stereocenters. The van der Waals surface area contributed by atoms with Crippen LogP contribution in [0.1, 0.15) is 60.1 Å². The van der Waals surface area contributed by atoms with Gasteiger partial charge in [-0.1, -0.05) is 29.8 Å². The normalized spacial score (nSPS) is 26.4. The number of aromatic nitrogens is 1. The summed E-state index contributed by atoms with van der Waals surface area (Å²) < 4.78 is 26.5. The molecule has 2 fully saturated rings. The molecule has 9 heteroatoms. The highest BCUT2D eigenvalue weighted by molar-refractivity contribution is 6.30.